The first-order valence-electron chi connectivity index (χ1n) is 5.08. The van der Waals surface area contributed by atoms with Crippen molar-refractivity contribution in [3.05, 3.63) is 22.4 Å². The minimum absolute atomic E-state index is 0.0643. The molecular weight excluding hydrogens is 246 g/mol. The van der Waals surface area contributed by atoms with Crippen LogP contribution in [0.4, 0.5) is 0 Å². The predicted molar refractivity (Wildman–Crippen MR) is 64.2 cm³/mol. The maximum Gasteiger partial charge on any atom is 0.154 e. The van der Waals surface area contributed by atoms with Crippen molar-refractivity contribution in [3.63, 3.8) is 0 Å². The number of aliphatic hydroxyl groups excluding tert-OH is 1. The molecule has 16 heavy (non-hydrogen) atoms. The van der Waals surface area contributed by atoms with E-state index < -0.39 is 15.9 Å². The molecule has 1 aliphatic heterocycles. The zero-order valence-electron chi connectivity index (χ0n) is 9.04. The molecule has 1 aromatic rings. The third-order valence-corrected chi connectivity index (χ3v) is 5.30. The molecule has 6 heteroatoms. The van der Waals surface area contributed by atoms with Crippen LogP contribution in [0.5, 0.6) is 0 Å². The first kappa shape index (κ1) is 12.0. The molecule has 2 unspecified atom stereocenters. The highest BCUT2D eigenvalue weighted by atomic mass is 32.2. The van der Waals surface area contributed by atoms with E-state index >= 15 is 0 Å². The van der Waals surface area contributed by atoms with Crippen molar-refractivity contribution in [2.24, 2.45) is 0 Å². The summed E-state index contributed by atoms with van der Waals surface area (Å²) in [6, 6.07) is 1.74. The maximum absolute atomic E-state index is 11.4. The van der Waals surface area contributed by atoms with Crippen LogP contribution >= 0.6 is 11.3 Å². The van der Waals surface area contributed by atoms with Crippen LogP contribution in [0.25, 0.3) is 0 Å². The Morgan fingerprint density at radius 2 is 2.31 bits per heavy atom. The number of aliphatic hydroxyl groups is 1. The van der Waals surface area contributed by atoms with Crippen LogP contribution in [-0.2, 0) is 16.4 Å². The van der Waals surface area contributed by atoms with Gasteiger partial charge < -0.3 is 5.11 Å². The molecule has 0 bridgehead atoms. The largest absolute Gasteiger partial charge is 0.390 e. The molecule has 1 fully saturated rings. The molecule has 2 atom stereocenters. The van der Waals surface area contributed by atoms with Crippen molar-refractivity contribution >= 4 is 21.2 Å². The van der Waals surface area contributed by atoms with E-state index in [0.717, 1.165) is 5.56 Å². The Morgan fingerprint density at radius 3 is 2.81 bits per heavy atom. The third-order valence-electron chi connectivity index (χ3n) is 2.87. The lowest BCUT2D eigenvalue weighted by atomic mass is 10.2. The summed E-state index contributed by atoms with van der Waals surface area (Å²) in [6.45, 7) is 0.681. The highest BCUT2D eigenvalue weighted by Crippen LogP contribution is 2.19. The molecule has 1 N–H and O–H groups in total. The van der Waals surface area contributed by atoms with E-state index in [1.807, 2.05) is 28.8 Å². The monoisotopic (exact) mass is 261 g/mol. The maximum atomic E-state index is 11.4. The number of likely N-dealkylation sites (N-methyl/N-ethyl adjacent to an activating group) is 1. The van der Waals surface area contributed by atoms with Gasteiger partial charge in [0.1, 0.15) is 0 Å². The third kappa shape index (κ3) is 2.63. The number of thiophene rings is 1. The molecule has 0 amide bonds. The van der Waals surface area contributed by atoms with Crippen molar-refractivity contribution < 1.29 is 13.5 Å². The van der Waals surface area contributed by atoms with Gasteiger partial charge in [-0.25, -0.2) is 8.42 Å². The number of nitrogens with zero attached hydrogens (tertiary/aromatic N) is 1. The summed E-state index contributed by atoms with van der Waals surface area (Å²) in [5.41, 5.74) is 1.16. The minimum Gasteiger partial charge on any atom is -0.390 e. The topological polar surface area (TPSA) is 57.6 Å². The van der Waals surface area contributed by atoms with Gasteiger partial charge in [0.2, 0.25) is 0 Å². The lowest BCUT2D eigenvalue weighted by Crippen LogP contribution is -2.39. The lowest BCUT2D eigenvalue weighted by Gasteiger charge is -2.25. The average Bonchev–Trinajstić information content (AvgIpc) is 2.73. The van der Waals surface area contributed by atoms with Gasteiger partial charge >= 0.3 is 0 Å². The van der Waals surface area contributed by atoms with E-state index in [1.54, 1.807) is 11.3 Å². The lowest BCUT2D eigenvalue weighted by molar-refractivity contribution is 0.0958. The van der Waals surface area contributed by atoms with Gasteiger partial charge in [-0.1, -0.05) is 0 Å². The van der Waals surface area contributed by atoms with Crippen LogP contribution in [-0.4, -0.2) is 49.1 Å². The van der Waals surface area contributed by atoms with E-state index in [9.17, 15) is 13.5 Å². The van der Waals surface area contributed by atoms with Crippen LogP contribution in [0.2, 0.25) is 0 Å². The Morgan fingerprint density at radius 1 is 1.56 bits per heavy atom. The van der Waals surface area contributed by atoms with Crippen molar-refractivity contribution in [2.45, 2.75) is 18.7 Å². The molecule has 1 aliphatic rings. The van der Waals surface area contributed by atoms with Crippen LogP contribution < -0.4 is 0 Å². The quantitative estimate of drug-likeness (QED) is 0.852. The van der Waals surface area contributed by atoms with E-state index in [0.29, 0.717) is 6.54 Å². The Hall–Kier alpha value is -0.430. The fraction of sp³-hybridized carbons (Fsp3) is 0.600. The van der Waals surface area contributed by atoms with Gasteiger partial charge in [-0.3, -0.25) is 4.90 Å². The van der Waals surface area contributed by atoms with E-state index in [2.05, 4.69) is 0 Å². The standard InChI is InChI=1S/C10H15NO3S2/c1-11(4-8-2-3-15-5-8)9-6-16(13,14)7-10(9)12/h2-3,5,9-10,12H,4,6-7H2,1H3. The summed E-state index contributed by atoms with van der Waals surface area (Å²) >= 11 is 1.62. The van der Waals surface area contributed by atoms with Gasteiger partial charge in [-0.05, 0) is 29.4 Å². The molecular formula is C10H15NO3S2. The van der Waals surface area contributed by atoms with Crippen LogP contribution in [0.15, 0.2) is 16.8 Å². The Bertz CT molecular complexity index is 441. The second-order valence-electron chi connectivity index (χ2n) is 4.26. The molecule has 90 valence electrons. The highest BCUT2D eigenvalue weighted by molar-refractivity contribution is 7.91. The van der Waals surface area contributed by atoms with E-state index in [1.165, 1.54) is 0 Å². The molecule has 1 aromatic heterocycles. The molecule has 2 heterocycles. The highest BCUT2D eigenvalue weighted by Gasteiger charge is 2.38. The van der Waals surface area contributed by atoms with E-state index in [-0.39, 0.29) is 17.5 Å². The van der Waals surface area contributed by atoms with E-state index in [4.69, 9.17) is 0 Å². The second kappa shape index (κ2) is 4.44. The van der Waals surface area contributed by atoms with Crippen molar-refractivity contribution in [1.29, 1.82) is 0 Å². The van der Waals surface area contributed by atoms with Crippen LogP contribution in [0.3, 0.4) is 0 Å². The van der Waals surface area contributed by atoms with Gasteiger partial charge in [0.15, 0.2) is 9.84 Å². The zero-order valence-corrected chi connectivity index (χ0v) is 10.7. The molecule has 4 nitrogen and oxygen atoms in total. The SMILES string of the molecule is CN(Cc1ccsc1)C1CS(=O)(=O)CC1O. The first-order valence-corrected chi connectivity index (χ1v) is 7.84. The van der Waals surface area contributed by atoms with Gasteiger partial charge in [-0.15, -0.1) is 0 Å². The molecule has 0 saturated carbocycles. The Labute approximate surface area is 99.4 Å². The zero-order chi connectivity index (χ0) is 11.8. The minimum atomic E-state index is -3.06. The molecule has 1 saturated heterocycles. The van der Waals surface area contributed by atoms with Crippen molar-refractivity contribution in [1.82, 2.24) is 4.90 Å². The summed E-state index contributed by atoms with van der Waals surface area (Å²) in [6.07, 6.45) is -0.756. The van der Waals surface area contributed by atoms with Gasteiger partial charge in [-0.2, -0.15) is 11.3 Å². The Kier molecular flexibility index (Phi) is 3.34. The summed E-state index contributed by atoms with van der Waals surface area (Å²) in [5, 5.41) is 13.7. The summed E-state index contributed by atoms with van der Waals surface area (Å²) in [5.74, 6) is -0.0412. The summed E-state index contributed by atoms with van der Waals surface area (Å²) < 4.78 is 22.7. The van der Waals surface area contributed by atoms with Gasteiger partial charge in [0.05, 0.1) is 23.7 Å². The summed E-state index contributed by atoms with van der Waals surface area (Å²) in [7, 11) is -1.20. The number of rotatable bonds is 3. The van der Waals surface area contributed by atoms with Gasteiger partial charge in [0, 0.05) is 6.54 Å². The molecule has 2 rings (SSSR count). The summed E-state index contributed by atoms with van der Waals surface area (Å²) in [4.78, 5) is 1.91. The smallest absolute Gasteiger partial charge is 0.154 e. The number of hydrogen-bond acceptors (Lipinski definition) is 5. The van der Waals surface area contributed by atoms with Crippen LogP contribution in [0, 0.1) is 0 Å². The van der Waals surface area contributed by atoms with Crippen molar-refractivity contribution in [3.8, 4) is 0 Å². The molecule has 0 radical (unpaired) electrons. The predicted octanol–water partition coefficient (Wildman–Crippen LogP) is 0.338. The second-order valence-corrected chi connectivity index (χ2v) is 7.19. The van der Waals surface area contributed by atoms with Crippen LogP contribution in [0.1, 0.15) is 5.56 Å². The van der Waals surface area contributed by atoms with Gasteiger partial charge in [0.25, 0.3) is 0 Å². The Balaban J connectivity index is 2.03. The average molecular weight is 261 g/mol. The molecule has 0 aliphatic carbocycles. The van der Waals surface area contributed by atoms with Crippen molar-refractivity contribution in [2.75, 3.05) is 18.6 Å². The number of sulfone groups is 1. The normalized spacial score (nSPS) is 28.7. The fourth-order valence-electron chi connectivity index (χ4n) is 2.02. The molecule has 0 aromatic carbocycles. The molecule has 0 spiro atoms. The fourth-order valence-corrected chi connectivity index (χ4v) is 4.55. The first-order chi connectivity index (χ1) is 7.48. The number of hydrogen-bond donors (Lipinski definition) is 1.